The molecule has 2 aromatic rings. The second kappa shape index (κ2) is 16.9. The van der Waals surface area contributed by atoms with Crippen LogP contribution in [0.15, 0.2) is 0 Å². The van der Waals surface area contributed by atoms with Crippen molar-refractivity contribution in [2.24, 2.45) is 17.6 Å². The molecule has 2 fully saturated rings. The maximum atomic E-state index is 12.4. The largest absolute Gasteiger partial charge is 1.00 e. The minimum Gasteiger partial charge on any atom is -0.693 e. The summed E-state index contributed by atoms with van der Waals surface area (Å²) in [4.78, 5) is 50.6. The van der Waals surface area contributed by atoms with Gasteiger partial charge in [-0.15, -0.1) is 22.7 Å². The fraction of sp³-hybridized carbons (Fsp3) is 0.600. The molecule has 4 heterocycles. The van der Waals surface area contributed by atoms with Crippen molar-refractivity contribution >= 4 is 56.4 Å². The van der Waals surface area contributed by atoms with E-state index in [4.69, 9.17) is 19.9 Å². The number of hydrogen-bond donors (Lipinski definition) is 3. The van der Waals surface area contributed by atoms with Crippen LogP contribution >= 0.6 is 22.7 Å². The fourth-order valence-electron chi connectivity index (χ4n) is 6.12. The van der Waals surface area contributed by atoms with Gasteiger partial charge in [0.1, 0.15) is 10.0 Å². The third kappa shape index (κ3) is 8.31. The number of fused-ring (bicyclic) bond motifs is 2. The van der Waals surface area contributed by atoms with Gasteiger partial charge in [-0.05, 0) is 56.6 Å². The van der Waals surface area contributed by atoms with Crippen molar-refractivity contribution in [3.63, 3.8) is 0 Å². The van der Waals surface area contributed by atoms with Gasteiger partial charge in [-0.3, -0.25) is 14.4 Å². The first-order chi connectivity index (χ1) is 20.4. The number of esters is 1. The molecule has 2 aliphatic carbocycles. The topological polar surface area (TPSA) is 180 Å². The van der Waals surface area contributed by atoms with Crippen LogP contribution in [0.5, 0.6) is 0 Å². The zero-order valence-corrected chi connectivity index (χ0v) is 27.2. The van der Waals surface area contributed by atoms with Gasteiger partial charge in [0.05, 0.1) is 44.2 Å². The molecular formula is C30H41LiN4O7S2. The third-order valence-electron chi connectivity index (χ3n) is 8.29. The molecule has 4 aliphatic rings. The number of nitrogens with one attached hydrogen (secondary N) is 2. The Bertz CT molecular complexity index is 1330. The summed E-state index contributed by atoms with van der Waals surface area (Å²) in [6.45, 7) is 4.32. The van der Waals surface area contributed by atoms with Crippen molar-refractivity contribution in [1.82, 2.24) is 0 Å². The van der Waals surface area contributed by atoms with Gasteiger partial charge in [-0.2, -0.15) is 0 Å². The zero-order valence-electron chi connectivity index (χ0n) is 25.6. The average Bonchev–Trinajstić information content (AvgIpc) is 3.78. The number of amides is 3. The molecule has 11 nitrogen and oxygen atoms in total. The summed E-state index contributed by atoms with van der Waals surface area (Å²) in [5, 5.41) is 7.12. The summed E-state index contributed by atoms with van der Waals surface area (Å²) in [5.41, 5.74) is 8.45. The Hall–Kier alpha value is -2.24. The van der Waals surface area contributed by atoms with Gasteiger partial charge in [-0.1, -0.05) is 25.7 Å². The molecule has 2 saturated carbocycles. The van der Waals surface area contributed by atoms with E-state index in [1.165, 1.54) is 22.7 Å². The molecule has 3 amide bonds. The van der Waals surface area contributed by atoms with Crippen molar-refractivity contribution < 1.29 is 52.2 Å². The van der Waals surface area contributed by atoms with Crippen molar-refractivity contribution in [2.45, 2.75) is 84.3 Å². The van der Waals surface area contributed by atoms with Crippen molar-refractivity contribution in [3.05, 3.63) is 38.2 Å². The molecule has 0 unspecified atom stereocenters. The van der Waals surface area contributed by atoms with E-state index in [2.05, 4.69) is 10.6 Å². The minimum atomic E-state index is -0.467. The number of rotatable bonds is 7. The molecule has 236 valence electrons. The Morgan fingerprint density at radius 2 is 1.23 bits per heavy atom. The van der Waals surface area contributed by atoms with Crippen LogP contribution in [0.4, 0.5) is 10.0 Å². The van der Waals surface area contributed by atoms with E-state index in [1.807, 2.05) is 0 Å². The van der Waals surface area contributed by atoms with Crippen molar-refractivity contribution in [1.29, 1.82) is 0 Å². The van der Waals surface area contributed by atoms with Gasteiger partial charge in [0.25, 0.3) is 5.91 Å². The van der Waals surface area contributed by atoms with E-state index < -0.39 is 5.91 Å². The van der Waals surface area contributed by atoms with Gasteiger partial charge < -0.3 is 36.7 Å². The minimum absolute atomic E-state index is 0. The van der Waals surface area contributed by atoms with Gasteiger partial charge in [0, 0.05) is 21.6 Å². The van der Waals surface area contributed by atoms with Crippen LogP contribution in [0.1, 0.15) is 99.9 Å². The first kappa shape index (κ1) is 36.2. The Kier molecular flexibility index (Phi) is 13.9. The number of carbonyl (C=O) groups excluding carboxylic acids is 4. The van der Waals surface area contributed by atoms with Gasteiger partial charge in [0.15, 0.2) is 0 Å². The Labute approximate surface area is 278 Å². The SMILES string of the molecule is CCOC(=O)c1c(NC(=O)C2CCCC2)sc2c1CCOC2.NC(=O)c1c(NC(=O)C2CCCC2)sc2c1CCOC2.[Li+].[NH2-]. The Morgan fingerprint density at radius 1 is 0.795 bits per heavy atom. The molecule has 2 aromatic heterocycles. The zero-order chi connectivity index (χ0) is 29.6. The standard InChI is InChI=1S/C16H21NO4S.C14H18N2O3S.Li.H2N/c1-2-21-16(19)13-11-7-8-20-9-12(11)22-15(13)17-14(18)10-5-3-4-6-10;15-12(17)11-9-5-6-19-7-10(9)20-14(11)16-13(18)8-3-1-2-4-8;;/h10H,2-9H2,1H3,(H,17,18);8H,1-7H2,(H2,15,17)(H,16,18);;1H2/q;;+1;-1. The van der Waals surface area contributed by atoms with E-state index in [0.717, 1.165) is 72.2 Å². The Morgan fingerprint density at radius 3 is 1.66 bits per heavy atom. The van der Waals surface area contributed by atoms with Crippen LogP contribution < -0.4 is 35.2 Å². The predicted octanol–water partition coefficient (Wildman–Crippen LogP) is 2.90. The summed E-state index contributed by atoms with van der Waals surface area (Å²) in [5.74, 6) is -0.613. The third-order valence-corrected chi connectivity index (χ3v) is 10.5. The van der Waals surface area contributed by atoms with E-state index in [1.54, 1.807) is 6.92 Å². The molecular weight excluding hydrogens is 599 g/mol. The second-order valence-electron chi connectivity index (χ2n) is 11.0. The molecule has 0 saturated heterocycles. The van der Waals surface area contributed by atoms with Gasteiger partial charge in [0.2, 0.25) is 11.8 Å². The maximum Gasteiger partial charge on any atom is 1.00 e. The predicted molar refractivity (Wildman–Crippen MR) is 166 cm³/mol. The molecule has 0 aromatic carbocycles. The fourth-order valence-corrected chi connectivity index (χ4v) is 8.49. The summed E-state index contributed by atoms with van der Waals surface area (Å²) in [6.07, 6.45) is 9.56. The quantitative estimate of drug-likeness (QED) is 0.307. The number of primary amides is 1. The van der Waals surface area contributed by atoms with Gasteiger partial charge >= 0.3 is 24.8 Å². The number of carbonyl (C=O) groups is 4. The molecule has 0 spiro atoms. The first-order valence-corrected chi connectivity index (χ1v) is 16.5. The second-order valence-corrected chi connectivity index (χ2v) is 13.3. The van der Waals surface area contributed by atoms with Crippen LogP contribution in [0.25, 0.3) is 6.15 Å². The van der Waals surface area contributed by atoms with E-state index in [9.17, 15) is 19.2 Å². The summed E-state index contributed by atoms with van der Waals surface area (Å²) < 4.78 is 16.0. The molecule has 6 rings (SSSR count). The first-order valence-electron chi connectivity index (χ1n) is 14.9. The molecule has 2 aliphatic heterocycles. The normalized spacial score (nSPS) is 17.6. The Balaban J connectivity index is 0.000000231. The number of nitrogens with two attached hydrogens (primary N) is 2. The van der Waals surface area contributed by atoms with E-state index in [0.29, 0.717) is 67.0 Å². The van der Waals surface area contributed by atoms with Crippen molar-refractivity contribution in [2.75, 3.05) is 30.5 Å². The van der Waals surface area contributed by atoms with Crippen LogP contribution in [0.2, 0.25) is 0 Å². The van der Waals surface area contributed by atoms with Crippen LogP contribution in [-0.2, 0) is 49.9 Å². The molecule has 6 N–H and O–H groups in total. The van der Waals surface area contributed by atoms with Crippen LogP contribution in [0, 0.1) is 11.8 Å². The molecule has 0 bridgehead atoms. The summed E-state index contributed by atoms with van der Waals surface area (Å²) in [6, 6.07) is 0. The van der Waals surface area contributed by atoms with Crippen molar-refractivity contribution in [3.8, 4) is 0 Å². The van der Waals surface area contributed by atoms with Crippen LogP contribution in [-0.4, -0.2) is 43.5 Å². The van der Waals surface area contributed by atoms with E-state index >= 15 is 0 Å². The van der Waals surface area contributed by atoms with E-state index in [-0.39, 0.29) is 54.6 Å². The number of anilines is 2. The summed E-state index contributed by atoms with van der Waals surface area (Å²) in [7, 11) is 0. The molecule has 44 heavy (non-hydrogen) atoms. The summed E-state index contributed by atoms with van der Waals surface area (Å²) >= 11 is 2.87. The maximum absolute atomic E-state index is 12.4. The molecule has 14 heteroatoms. The van der Waals surface area contributed by atoms with Crippen LogP contribution in [0.3, 0.4) is 0 Å². The number of ether oxygens (including phenoxy) is 3. The number of hydrogen-bond acceptors (Lipinski definition) is 9. The monoisotopic (exact) mass is 640 g/mol. The van der Waals surface area contributed by atoms with Gasteiger partial charge in [-0.25, -0.2) is 4.79 Å². The molecule has 0 atom stereocenters. The average molecular weight is 641 g/mol. The smallest absolute Gasteiger partial charge is 0.693 e. The number of thiophene rings is 2. The molecule has 0 radical (unpaired) electrons.